The number of nitrogens with zero attached hydrogens (tertiary/aromatic N) is 3. The van der Waals surface area contributed by atoms with Crippen molar-refractivity contribution in [1.29, 1.82) is 0 Å². The van der Waals surface area contributed by atoms with Gasteiger partial charge >= 0.3 is 0 Å². The minimum absolute atomic E-state index is 0.110. The molecule has 1 aliphatic heterocycles. The molecule has 1 amide bonds. The fourth-order valence-corrected chi connectivity index (χ4v) is 5.32. The summed E-state index contributed by atoms with van der Waals surface area (Å²) in [6.07, 6.45) is 1.59. The van der Waals surface area contributed by atoms with Gasteiger partial charge in [0.1, 0.15) is 23.9 Å². The number of aromatic nitrogens is 3. The number of carbonyl (C=O) groups excluding carboxylic acids is 1. The average Bonchev–Trinajstić information content (AvgIpc) is 3.66. The highest BCUT2D eigenvalue weighted by Gasteiger charge is 2.29. The lowest BCUT2D eigenvalue weighted by molar-refractivity contribution is -0.120. The monoisotopic (exact) mass is 562 g/mol. The fraction of sp³-hybridized carbons (Fsp3) is 0.300. The van der Waals surface area contributed by atoms with E-state index >= 15 is 0 Å². The summed E-state index contributed by atoms with van der Waals surface area (Å²) in [5, 5.41) is 12.4. The molecule has 1 fully saturated rings. The van der Waals surface area contributed by atoms with Crippen LogP contribution in [0, 0.1) is 5.82 Å². The Balaban J connectivity index is 1.32. The van der Waals surface area contributed by atoms with Crippen LogP contribution >= 0.6 is 11.8 Å². The first-order chi connectivity index (χ1) is 19.6. The molecule has 2 unspecified atom stereocenters. The Morgan fingerprint density at radius 1 is 1.05 bits per heavy atom. The van der Waals surface area contributed by atoms with E-state index in [1.165, 1.54) is 23.9 Å². The van der Waals surface area contributed by atoms with Gasteiger partial charge in [-0.3, -0.25) is 9.36 Å². The minimum atomic E-state index is -0.366. The van der Waals surface area contributed by atoms with Gasteiger partial charge in [0, 0.05) is 12.3 Å². The third-order valence-electron chi connectivity index (χ3n) is 6.43. The van der Waals surface area contributed by atoms with Crippen LogP contribution in [0.25, 0.3) is 5.69 Å². The standard InChI is InChI=1S/C30H31FN4O4S/c1-2-37-25-16-14-23(15-17-25)35-27(19-39-24-7-4-3-5-8-24)33-34-30(35)40-20-28(36)32-29(26-9-6-18-38-26)21-10-12-22(31)13-11-21/h3-5,7-8,10-17,26,29H,2,6,9,18-20H2,1H3,(H,32,36). The topological polar surface area (TPSA) is 87.5 Å². The number of thioether (sulfide) groups is 1. The quantitative estimate of drug-likeness (QED) is 0.228. The molecule has 208 valence electrons. The highest BCUT2D eigenvalue weighted by Crippen LogP contribution is 2.29. The molecule has 2 atom stereocenters. The molecule has 2 heterocycles. The predicted octanol–water partition coefficient (Wildman–Crippen LogP) is 5.51. The average molecular weight is 563 g/mol. The lowest BCUT2D eigenvalue weighted by Crippen LogP contribution is -2.37. The van der Waals surface area contributed by atoms with Crippen molar-refractivity contribution in [3.63, 3.8) is 0 Å². The van der Waals surface area contributed by atoms with Crippen LogP contribution in [-0.2, 0) is 16.1 Å². The van der Waals surface area contributed by atoms with E-state index in [0.29, 0.717) is 24.2 Å². The number of rotatable bonds is 12. The van der Waals surface area contributed by atoms with Gasteiger partial charge in [-0.2, -0.15) is 0 Å². The SMILES string of the molecule is CCOc1ccc(-n2c(COc3ccccc3)nnc2SCC(=O)NC(c2ccc(F)cc2)C2CCCO2)cc1. The molecule has 10 heteroatoms. The van der Waals surface area contributed by atoms with E-state index in [2.05, 4.69) is 15.5 Å². The number of benzene rings is 3. The first-order valence-electron chi connectivity index (χ1n) is 13.3. The van der Waals surface area contributed by atoms with Gasteiger partial charge in [-0.1, -0.05) is 42.1 Å². The van der Waals surface area contributed by atoms with Crippen LogP contribution in [0.2, 0.25) is 0 Å². The number of amides is 1. The van der Waals surface area contributed by atoms with E-state index in [1.807, 2.05) is 66.1 Å². The van der Waals surface area contributed by atoms with Crippen LogP contribution in [0.3, 0.4) is 0 Å². The summed E-state index contributed by atoms with van der Waals surface area (Å²) in [5.74, 6) is 1.68. The predicted molar refractivity (Wildman–Crippen MR) is 150 cm³/mol. The van der Waals surface area contributed by atoms with E-state index in [-0.39, 0.29) is 36.2 Å². The number of halogens is 1. The number of hydrogen-bond donors (Lipinski definition) is 1. The molecule has 1 saturated heterocycles. The summed E-state index contributed by atoms with van der Waals surface area (Å²) in [7, 11) is 0. The first-order valence-corrected chi connectivity index (χ1v) is 14.2. The van der Waals surface area contributed by atoms with Crippen molar-refractivity contribution in [1.82, 2.24) is 20.1 Å². The molecule has 1 aromatic heterocycles. The van der Waals surface area contributed by atoms with Gasteiger partial charge in [0.25, 0.3) is 0 Å². The van der Waals surface area contributed by atoms with Crippen LogP contribution in [0.4, 0.5) is 4.39 Å². The summed E-state index contributed by atoms with van der Waals surface area (Å²) in [6, 6.07) is 22.9. The Morgan fingerprint density at radius 3 is 2.50 bits per heavy atom. The lowest BCUT2D eigenvalue weighted by atomic mass is 9.99. The number of nitrogens with one attached hydrogen (secondary N) is 1. The molecular weight excluding hydrogens is 531 g/mol. The Hall–Kier alpha value is -3.89. The van der Waals surface area contributed by atoms with Crippen molar-refractivity contribution in [2.75, 3.05) is 19.0 Å². The molecular formula is C30H31FN4O4S. The molecule has 1 N–H and O–H groups in total. The van der Waals surface area contributed by atoms with Crippen molar-refractivity contribution in [2.45, 2.75) is 43.7 Å². The number of carbonyl (C=O) groups is 1. The first kappa shape index (κ1) is 27.7. The maximum atomic E-state index is 13.5. The van der Waals surface area contributed by atoms with Gasteiger partial charge in [0.2, 0.25) is 5.91 Å². The molecule has 0 aliphatic carbocycles. The summed E-state index contributed by atoms with van der Waals surface area (Å²) in [4.78, 5) is 13.1. The van der Waals surface area contributed by atoms with Crippen molar-refractivity contribution < 1.29 is 23.4 Å². The number of hydrogen-bond acceptors (Lipinski definition) is 7. The number of ether oxygens (including phenoxy) is 3. The van der Waals surface area contributed by atoms with E-state index in [1.54, 1.807) is 12.1 Å². The van der Waals surface area contributed by atoms with Gasteiger partial charge in [-0.25, -0.2) is 4.39 Å². The van der Waals surface area contributed by atoms with Gasteiger partial charge < -0.3 is 19.5 Å². The highest BCUT2D eigenvalue weighted by molar-refractivity contribution is 7.99. The molecule has 40 heavy (non-hydrogen) atoms. The number of para-hydroxylation sites is 1. The van der Waals surface area contributed by atoms with Crippen molar-refractivity contribution in [3.05, 3.63) is 96.1 Å². The smallest absolute Gasteiger partial charge is 0.231 e. The second-order valence-corrected chi connectivity index (χ2v) is 10.1. The Bertz CT molecular complexity index is 1380. The molecule has 0 radical (unpaired) electrons. The molecule has 4 aromatic rings. The molecule has 0 saturated carbocycles. The second kappa shape index (κ2) is 13.5. The summed E-state index contributed by atoms with van der Waals surface area (Å²) >= 11 is 1.28. The maximum Gasteiger partial charge on any atom is 0.231 e. The summed E-state index contributed by atoms with van der Waals surface area (Å²) in [5.41, 5.74) is 1.64. The van der Waals surface area contributed by atoms with Crippen molar-refractivity contribution >= 4 is 17.7 Å². The molecule has 3 aromatic carbocycles. The van der Waals surface area contributed by atoms with Crippen molar-refractivity contribution in [3.8, 4) is 17.2 Å². The van der Waals surface area contributed by atoms with Crippen LogP contribution in [0.15, 0.2) is 84.0 Å². The normalized spacial score (nSPS) is 15.5. The third kappa shape index (κ3) is 7.00. The zero-order chi connectivity index (χ0) is 27.7. The minimum Gasteiger partial charge on any atom is -0.494 e. The lowest BCUT2D eigenvalue weighted by Gasteiger charge is -2.24. The molecule has 0 bridgehead atoms. The van der Waals surface area contributed by atoms with Crippen LogP contribution in [0.5, 0.6) is 11.5 Å². The zero-order valence-corrected chi connectivity index (χ0v) is 23.0. The molecule has 5 rings (SSSR count). The van der Waals surface area contributed by atoms with Crippen LogP contribution in [0.1, 0.15) is 37.2 Å². The second-order valence-electron chi connectivity index (χ2n) is 9.20. The Kier molecular flexibility index (Phi) is 9.30. The Labute approximate surface area is 236 Å². The van der Waals surface area contributed by atoms with Gasteiger partial charge in [0.05, 0.1) is 24.5 Å². The van der Waals surface area contributed by atoms with E-state index < -0.39 is 0 Å². The van der Waals surface area contributed by atoms with Crippen LogP contribution < -0.4 is 14.8 Å². The Morgan fingerprint density at radius 2 is 1.80 bits per heavy atom. The largest absolute Gasteiger partial charge is 0.494 e. The molecule has 0 spiro atoms. The molecule has 8 nitrogen and oxygen atoms in total. The third-order valence-corrected chi connectivity index (χ3v) is 7.36. The van der Waals surface area contributed by atoms with Gasteiger partial charge in [-0.05, 0) is 73.9 Å². The summed E-state index contributed by atoms with van der Waals surface area (Å²) < 4.78 is 32.8. The summed E-state index contributed by atoms with van der Waals surface area (Å²) in [6.45, 7) is 3.35. The molecule has 1 aliphatic rings. The van der Waals surface area contributed by atoms with E-state index in [9.17, 15) is 9.18 Å². The highest BCUT2D eigenvalue weighted by atomic mass is 32.2. The van der Waals surface area contributed by atoms with Gasteiger partial charge in [0.15, 0.2) is 11.0 Å². The maximum absolute atomic E-state index is 13.5. The zero-order valence-electron chi connectivity index (χ0n) is 22.2. The van der Waals surface area contributed by atoms with Crippen molar-refractivity contribution in [2.24, 2.45) is 0 Å². The van der Waals surface area contributed by atoms with E-state index in [0.717, 1.165) is 35.6 Å². The van der Waals surface area contributed by atoms with E-state index in [4.69, 9.17) is 14.2 Å². The van der Waals surface area contributed by atoms with Gasteiger partial charge in [-0.15, -0.1) is 10.2 Å². The van der Waals surface area contributed by atoms with Crippen LogP contribution in [-0.4, -0.2) is 45.7 Å². The fourth-order valence-electron chi connectivity index (χ4n) is 4.54.